The molecule has 0 fully saturated rings. The van der Waals surface area contributed by atoms with Gasteiger partial charge in [0.1, 0.15) is 0 Å². The van der Waals surface area contributed by atoms with Crippen LogP contribution in [0.5, 0.6) is 0 Å². The molecule has 156 valence electrons. The van der Waals surface area contributed by atoms with E-state index in [2.05, 4.69) is 15.4 Å². The fourth-order valence-electron chi connectivity index (χ4n) is 3.16. The van der Waals surface area contributed by atoms with Crippen molar-refractivity contribution < 1.29 is 23.9 Å². The molecule has 0 aliphatic carbocycles. The highest BCUT2D eigenvalue weighted by molar-refractivity contribution is 6.22. The lowest BCUT2D eigenvalue weighted by Gasteiger charge is -2.29. The van der Waals surface area contributed by atoms with Gasteiger partial charge in [-0.25, -0.2) is 9.59 Å². The lowest BCUT2D eigenvalue weighted by Crippen LogP contribution is -2.45. The molecule has 0 saturated carbocycles. The molecule has 1 heterocycles. The predicted octanol–water partition coefficient (Wildman–Crippen LogP) is 3.19. The van der Waals surface area contributed by atoms with E-state index in [-0.39, 0.29) is 23.9 Å². The summed E-state index contributed by atoms with van der Waals surface area (Å²) in [7, 11) is 1.31. The summed E-state index contributed by atoms with van der Waals surface area (Å²) < 4.78 is 4.65. The summed E-state index contributed by atoms with van der Waals surface area (Å²) in [4.78, 5) is 50.0. The smallest absolute Gasteiger partial charge is 0.337 e. The number of anilines is 1. The van der Waals surface area contributed by atoms with Crippen molar-refractivity contribution in [1.29, 1.82) is 0 Å². The number of amides is 4. The van der Waals surface area contributed by atoms with E-state index in [9.17, 15) is 19.2 Å². The highest BCUT2D eigenvalue weighted by Crippen LogP contribution is 2.30. The largest absolute Gasteiger partial charge is 0.465 e. The second kappa shape index (κ2) is 7.98. The van der Waals surface area contributed by atoms with Gasteiger partial charge in [0.2, 0.25) is 0 Å². The molecule has 8 heteroatoms. The van der Waals surface area contributed by atoms with Crippen LogP contribution in [-0.2, 0) is 11.3 Å². The normalized spacial score (nSPS) is 13.1. The number of benzene rings is 2. The summed E-state index contributed by atoms with van der Waals surface area (Å²) in [5, 5.41) is 5.37. The van der Waals surface area contributed by atoms with Gasteiger partial charge in [-0.05, 0) is 56.7 Å². The Morgan fingerprint density at radius 1 is 0.967 bits per heavy atom. The third kappa shape index (κ3) is 4.17. The van der Waals surface area contributed by atoms with Gasteiger partial charge in [-0.15, -0.1) is 0 Å². The molecule has 0 unspecified atom stereocenters. The number of esters is 1. The zero-order valence-corrected chi connectivity index (χ0v) is 17.2. The number of methoxy groups -OCH3 is 1. The van der Waals surface area contributed by atoms with E-state index < -0.39 is 17.5 Å². The Kier molecular flexibility index (Phi) is 5.60. The number of nitrogens with one attached hydrogen (secondary N) is 2. The number of ether oxygens (including phenoxy) is 1. The Balaban J connectivity index is 1.63. The van der Waals surface area contributed by atoms with Crippen LogP contribution in [0, 0.1) is 0 Å². The summed E-state index contributed by atoms with van der Waals surface area (Å²) in [6.07, 6.45) is 0. The van der Waals surface area contributed by atoms with E-state index in [1.54, 1.807) is 57.2 Å². The molecule has 2 aromatic carbocycles. The minimum absolute atomic E-state index is 0.243. The maximum Gasteiger partial charge on any atom is 0.337 e. The van der Waals surface area contributed by atoms with Gasteiger partial charge in [0.15, 0.2) is 0 Å². The number of nitrogens with zero attached hydrogens (tertiary/aromatic N) is 1. The first-order chi connectivity index (χ1) is 14.1. The molecular weight excluding hydrogens is 386 g/mol. The third-order valence-electron chi connectivity index (χ3n) is 4.64. The van der Waals surface area contributed by atoms with Crippen LogP contribution in [0.15, 0.2) is 42.5 Å². The molecular formula is C22H23N3O5. The quantitative estimate of drug-likeness (QED) is 0.596. The molecule has 0 aromatic heterocycles. The lowest BCUT2D eigenvalue weighted by atomic mass is 10.1. The second-order valence-electron chi connectivity index (χ2n) is 7.87. The molecule has 4 amide bonds. The Morgan fingerprint density at radius 2 is 1.60 bits per heavy atom. The number of fused-ring (bicyclic) bond motifs is 1. The number of urea groups is 1. The van der Waals surface area contributed by atoms with E-state index >= 15 is 0 Å². The van der Waals surface area contributed by atoms with Gasteiger partial charge >= 0.3 is 12.0 Å². The van der Waals surface area contributed by atoms with Gasteiger partial charge < -0.3 is 15.4 Å². The van der Waals surface area contributed by atoms with Crippen LogP contribution in [0.1, 0.15) is 57.4 Å². The number of carbonyl (C=O) groups excluding carboxylic acids is 4. The molecule has 2 aromatic rings. The molecule has 0 radical (unpaired) electrons. The van der Waals surface area contributed by atoms with Gasteiger partial charge in [0, 0.05) is 17.8 Å². The van der Waals surface area contributed by atoms with Crippen molar-refractivity contribution in [3.63, 3.8) is 0 Å². The Morgan fingerprint density at radius 3 is 2.20 bits per heavy atom. The van der Waals surface area contributed by atoms with Crippen LogP contribution in [-0.4, -0.2) is 41.4 Å². The van der Waals surface area contributed by atoms with Crippen molar-refractivity contribution >= 4 is 29.5 Å². The second-order valence-corrected chi connectivity index (χ2v) is 7.87. The Bertz CT molecular complexity index is 1020. The van der Waals surface area contributed by atoms with Crippen molar-refractivity contribution in [3.05, 3.63) is 64.7 Å². The molecule has 8 nitrogen and oxygen atoms in total. The third-order valence-corrected chi connectivity index (χ3v) is 4.64. The average molecular weight is 409 g/mol. The van der Waals surface area contributed by atoms with Crippen molar-refractivity contribution in [2.75, 3.05) is 12.4 Å². The fraction of sp³-hybridized carbons (Fsp3) is 0.273. The minimum Gasteiger partial charge on any atom is -0.465 e. The first-order valence-electron chi connectivity index (χ1n) is 9.37. The van der Waals surface area contributed by atoms with Gasteiger partial charge in [-0.3, -0.25) is 14.5 Å². The van der Waals surface area contributed by atoms with Crippen LogP contribution in [0.4, 0.5) is 10.5 Å². The van der Waals surface area contributed by atoms with E-state index in [0.29, 0.717) is 16.8 Å². The predicted molar refractivity (Wildman–Crippen MR) is 110 cm³/mol. The lowest BCUT2D eigenvalue weighted by molar-refractivity contribution is 0.0506. The molecule has 1 aliphatic rings. The Hall–Kier alpha value is -3.68. The molecule has 0 saturated heterocycles. The maximum atomic E-state index is 12.6. The van der Waals surface area contributed by atoms with E-state index in [1.165, 1.54) is 18.1 Å². The zero-order valence-electron chi connectivity index (χ0n) is 17.2. The fourth-order valence-corrected chi connectivity index (χ4v) is 3.16. The van der Waals surface area contributed by atoms with E-state index in [0.717, 1.165) is 5.56 Å². The Labute approximate surface area is 174 Å². The number of hydrogen-bond donors (Lipinski definition) is 2. The van der Waals surface area contributed by atoms with Gasteiger partial charge in [-0.2, -0.15) is 0 Å². The SMILES string of the molecule is COC(=O)c1ccc(CNC(=O)Nc2ccc3c(c2)C(=O)N(C(C)(C)C)C3=O)cc1. The average Bonchev–Trinajstić information content (AvgIpc) is 2.96. The standard InChI is InChI=1S/C22H23N3O5/c1-22(2,3)25-18(26)16-10-9-15(11-17(16)19(25)27)24-21(29)23-12-13-5-7-14(8-6-13)20(28)30-4/h5-11H,12H2,1-4H3,(H2,23,24,29). The first-order valence-corrected chi connectivity index (χ1v) is 9.37. The summed E-state index contributed by atoms with van der Waals surface area (Å²) in [6, 6.07) is 10.8. The minimum atomic E-state index is -0.637. The summed E-state index contributed by atoms with van der Waals surface area (Å²) in [5.74, 6) is -1.15. The van der Waals surface area contributed by atoms with E-state index in [1.807, 2.05) is 0 Å². The highest BCUT2D eigenvalue weighted by atomic mass is 16.5. The molecule has 2 N–H and O–H groups in total. The highest BCUT2D eigenvalue weighted by Gasteiger charge is 2.41. The van der Waals surface area contributed by atoms with Crippen molar-refractivity contribution in [2.24, 2.45) is 0 Å². The summed E-state index contributed by atoms with van der Waals surface area (Å²) in [6.45, 7) is 5.62. The molecule has 30 heavy (non-hydrogen) atoms. The molecule has 1 aliphatic heterocycles. The van der Waals surface area contributed by atoms with Crippen LogP contribution < -0.4 is 10.6 Å². The molecule has 0 bridgehead atoms. The monoisotopic (exact) mass is 409 g/mol. The number of rotatable bonds is 4. The zero-order chi connectivity index (χ0) is 22.1. The first kappa shape index (κ1) is 21.0. The van der Waals surface area contributed by atoms with Crippen LogP contribution >= 0.6 is 0 Å². The van der Waals surface area contributed by atoms with E-state index in [4.69, 9.17) is 0 Å². The van der Waals surface area contributed by atoms with Crippen LogP contribution in [0.25, 0.3) is 0 Å². The number of carbonyl (C=O) groups is 4. The molecule has 0 spiro atoms. The van der Waals surface area contributed by atoms with Crippen molar-refractivity contribution in [2.45, 2.75) is 32.9 Å². The summed E-state index contributed by atoms with van der Waals surface area (Å²) in [5.41, 5.74) is 1.59. The maximum absolute atomic E-state index is 12.6. The summed E-state index contributed by atoms with van der Waals surface area (Å²) >= 11 is 0. The van der Waals surface area contributed by atoms with Crippen molar-refractivity contribution in [3.8, 4) is 0 Å². The molecule has 0 atom stereocenters. The number of hydrogen-bond acceptors (Lipinski definition) is 5. The molecule has 3 rings (SSSR count). The van der Waals surface area contributed by atoms with Gasteiger partial charge in [-0.1, -0.05) is 12.1 Å². The number of imide groups is 1. The van der Waals surface area contributed by atoms with Crippen LogP contribution in [0.2, 0.25) is 0 Å². The topological polar surface area (TPSA) is 105 Å². The van der Waals surface area contributed by atoms with Crippen molar-refractivity contribution in [1.82, 2.24) is 10.2 Å². The van der Waals surface area contributed by atoms with Gasteiger partial charge in [0.25, 0.3) is 11.8 Å². The van der Waals surface area contributed by atoms with Crippen LogP contribution in [0.3, 0.4) is 0 Å². The van der Waals surface area contributed by atoms with Gasteiger partial charge in [0.05, 0.1) is 23.8 Å².